The van der Waals surface area contributed by atoms with E-state index in [4.69, 9.17) is 9.47 Å². The van der Waals surface area contributed by atoms with E-state index < -0.39 is 0 Å². The fourth-order valence-corrected chi connectivity index (χ4v) is 3.83. The normalized spacial score (nSPS) is 15.0. The number of hydrogen-bond acceptors (Lipinski definition) is 4. The molecule has 0 bridgehead atoms. The Kier molecular flexibility index (Phi) is 5.03. The van der Waals surface area contributed by atoms with Crippen LogP contribution in [0, 0.1) is 2.88 Å². The highest BCUT2D eigenvalue weighted by Crippen LogP contribution is 2.35. The second kappa shape index (κ2) is 6.98. The van der Waals surface area contributed by atoms with Gasteiger partial charge in [-0.2, -0.15) is 0 Å². The summed E-state index contributed by atoms with van der Waals surface area (Å²) in [6.07, 6.45) is 1.11. The summed E-state index contributed by atoms with van der Waals surface area (Å²) in [7, 11) is 0. The summed E-state index contributed by atoms with van der Waals surface area (Å²) in [4.78, 5) is 0. The van der Waals surface area contributed by atoms with Crippen LogP contribution in [0.2, 0.25) is 0 Å². The van der Waals surface area contributed by atoms with Crippen molar-refractivity contribution in [3.8, 4) is 11.5 Å². The first-order valence-corrected chi connectivity index (χ1v) is 9.10. The van der Waals surface area contributed by atoms with Crippen LogP contribution >= 0.6 is 33.9 Å². The number of fused-ring (bicyclic) bond motifs is 1. The van der Waals surface area contributed by atoms with Crippen molar-refractivity contribution in [1.29, 1.82) is 0 Å². The maximum atomic E-state index is 5.71. The van der Waals surface area contributed by atoms with E-state index in [2.05, 4.69) is 58.4 Å². The van der Waals surface area contributed by atoms with Crippen molar-refractivity contribution in [2.75, 3.05) is 19.8 Å². The van der Waals surface area contributed by atoms with Gasteiger partial charge in [0.05, 0.1) is 8.93 Å². The average molecular weight is 415 g/mol. The Hall–Kier alpha value is -0.790. The van der Waals surface area contributed by atoms with Gasteiger partial charge in [-0.25, -0.2) is 0 Å². The van der Waals surface area contributed by atoms with Crippen LogP contribution in [0.15, 0.2) is 29.6 Å². The van der Waals surface area contributed by atoms with Gasteiger partial charge in [0.25, 0.3) is 0 Å². The molecular formula is C16H18INO2S. The Bertz CT molecular complexity index is 614. The lowest BCUT2D eigenvalue weighted by atomic mass is 10.0. The first kappa shape index (κ1) is 15.1. The Balaban J connectivity index is 1.92. The molecule has 1 aliphatic rings. The van der Waals surface area contributed by atoms with E-state index in [9.17, 15) is 0 Å². The molecule has 0 fully saturated rings. The molecule has 0 saturated heterocycles. The summed E-state index contributed by atoms with van der Waals surface area (Å²) >= 11 is 4.15. The largest absolute Gasteiger partial charge is 0.486 e. The summed E-state index contributed by atoms with van der Waals surface area (Å²) in [5.41, 5.74) is 2.54. The third-order valence-corrected chi connectivity index (χ3v) is 5.23. The third kappa shape index (κ3) is 3.52. The first-order chi connectivity index (χ1) is 10.3. The van der Waals surface area contributed by atoms with Crippen LogP contribution in [0.4, 0.5) is 0 Å². The molecule has 2 aromatic rings. The topological polar surface area (TPSA) is 30.5 Å². The number of ether oxygens (including phenoxy) is 2. The summed E-state index contributed by atoms with van der Waals surface area (Å²) in [6, 6.07) is 8.70. The molecule has 2 heterocycles. The van der Waals surface area contributed by atoms with Gasteiger partial charge in [-0.05, 0) is 70.3 Å². The number of halogens is 1. The van der Waals surface area contributed by atoms with Crippen molar-refractivity contribution in [2.45, 2.75) is 19.4 Å². The van der Waals surface area contributed by atoms with Gasteiger partial charge in [0.15, 0.2) is 11.5 Å². The molecule has 0 radical (unpaired) electrons. The van der Waals surface area contributed by atoms with Crippen molar-refractivity contribution < 1.29 is 9.47 Å². The predicted octanol–water partition coefficient (Wildman–Crippen LogP) is 4.21. The zero-order valence-corrected chi connectivity index (χ0v) is 14.9. The zero-order chi connectivity index (χ0) is 14.7. The van der Waals surface area contributed by atoms with Crippen molar-refractivity contribution in [3.63, 3.8) is 0 Å². The van der Waals surface area contributed by atoms with Crippen LogP contribution in [0.25, 0.3) is 0 Å². The molecule has 1 aromatic carbocycles. The zero-order valence-electron chi connectivity index (χ0n) is 11.9. The highest BCUT2D eigenvalue weighted by molar-refractivity contribution is 14.1. The summed E-state index contributed by atoms with van der Waals surface area (Å²) in [5.74, 6) is 1.70. The molecule has 0 spiro atoms. The summed E-state index contributed by atoms with van der Waals surface area (Å²) < 4.78 is 12.6. The van der Waals surface area contributed by atoms with Gasteiger partial charge in [0.1, 0.15) is 13.2 Å². The number of benzene rings is 1. The lowest BCUT2D eigenvalue weighted by Gasteiger charge is -2.22. The molecule has 3 rings (SSSR count). The molecule has 1 N–H and O–H groups in total. The Morgan fingerprint density at radius 2 is 2.00 bits per heavy atom. The smallest absolute Gasteiger partial charge is 0.161 e. The average Bonchev–Trinajstić information content (AvgIpc) is 2.94. The van der Waals surface area contributed by atoms with E-state index in [0.29, 0.717) is 13.2 Å². The van der Waals surface area contributed by atoms with Crippen molar-refractivity contribution in [2.24, 2.45) is 0 Å². The van der Waals surface area contributed by atoms with Gasteiger partial charge in [-0.1, -0.05) is 13.0 Å². The van der Waals surface area contributed by atoms with Gasteiger partial charge in [-0.15, -0.1) is 11.3 Å². The summed E-state index contributed by atoms with van der Waals surface area (Å²) in [6.45, 7) is 4.43. The lowest BCUT2D eigenvalue weighted by Crippen LogP contribution is -2.23. The molecule has 1 aromatic heterocycles. The highest BCUT2D eigenvalue weighted by Gasteiger charge is 2.19. The quantitative estimate of drug-likeness (QED) is 0.743. The minimum absolute atomic E-state index is 0.209. The van der Waals surface area contributed by atoms with Crippen molar-refractivity contribution >= 4 is 33.9 Å². The van der Waals surface area contributed by atoms with Crippen molar-refractivity contribution in [3.05, 3.63) is 43.7 Å². The van der Waals surface area contributed by atoms with E-state index >= 15 is 0 Å². The summed E-state index contributed by atoms with van der Waals surface area (Å²) in [5, 5.41) is 5.86. The maximum absolute atomic E-state index is 5.71. The molecule has 112 valence electrons. The van der Waals surface area contributed by atoms with Gasteiger partial charge >= 0.3 is 0 Å². The number of thiophene rings is 1. The molecule has 21 heavy (non-hydrogen) atoms. The van der Waals surface area contributed by atoms with Crippen LogP contribution in [-0.4, -0.2) is 19.8 Å². The van der Waals surface area contributed by atoms with Gasteiger partial charge < -0.3 is 14.8 Å². The first-order valence-electron chi connectivity index (χ1n) is 7.15. The molecule has 1 aliphatic heterocycles. The SMILES string of the molecule is CCCNC(c1csc(I)c1)c1ccc2c(c1)OCCO2. The monoisotopic (exact) mass is 415 g/mol. The van der Waals surface area contributed by atoms with E-state index in [1.54, 1.807) is 11.3 Å². The van der Waals surface area contributed by atoms with E-state index in [1.165, 1.54) is 14.0 Å². The standard InChI is InChI=1S/C16H18INO2S/c1-2-5-18-16(12-9-15(17)21-10-12)11-3-4-13-14(8-11)20-7-6-19-13/h3-4,8-10,16,18H,2,5-7H2,1H3. The van der Waals surface area contributed by atoms with E-state index in [-0.39, 0.29) is 6.04 Å². The van der Waals surface area contributed by atoms with Crippen molar-refractivity contribution in [1.82, 2.24) is 5.32 Å². The molecule has 1 atom stereocenters. The Morgan fingerprint density at radius 1 is 1.19 bits per heavy atom. The molecule has 3 nitrogen and oxygen atoms in total. The minimum atomic E-state index is 0.209. The highest BCUT2D eigenvalue weighted by atomic mass is 127. The molecule has 0 amide bonds. The Labute approximate surface area is 142 Å². The van der Waals surface area contributed by atoms with Crippen LogP contribution in [0.1, 0.15) is 30.5 Å². The number of hydrogen-bond donors (Lipinski definition) is 1. The van der Waals surface area contributed by atoms with E-state index in [1.807, 2.05) is 6.07 Å². The molecule has 0 aliphatic carbocycles. The van der Waals surface area contributed by atoms with Gasteiger partial charge in [0, 0.05) is 0 Å². The fraction of sp³-hybridized carbons (Fsp3) is 0.375. The van der Waals surface area contributed by atoms with E-state index in [0.717, 1.165) is 24.5 Å². The van der Waals surface area contributed by atoms with Crippen LogP contribution in [-0.2, 0) is 0 Å². The van der Waals surface area contributed by atoms with Crippen LogP contribution < -0.4 is 14.8 Å². The molecule has 1 unspecified atom stereocenters. The Morgan fingerprint density at radius 3 is 2.71 bits per heavy atom. The number of nitrogens with one attached hydrogen (secondary N) is 1. The van der Waals surface area contributed by atoms with Gasteiger partial charge in [0.2, 0.25) is 0 Å². The maximum Gasteiger partial charge on any atom is 0.161 e. The van der Waals surface area contributed by atoms with Crippen LogP contribution in [0.5, 0.6) is 11.5 Å². The molecular weight excluding hydrogens is 397 g/mol. The second-order valence-electron chi connectivity index (χ2n) is 4.97. The molecule has 0 saturated carbocycles. The minimum Gasteiger partial charge on any atom is -0.486 e. The predicted molar refractivity (Wildman–Crippen MR) is 94.6 cm³/mol. The second-order valence-corrected chi connectivity index (χ2v) is 7.78. The van der Waals surface area contributed by atoms with Crippen LogP contribution in [0.3, 0.4) is 0 Å². The lowest BCUT2D eigenvalue weighted by molar-refractivity contribution is 0.171. The fourth-order valence-electron chi connectivity index (χ4n) is 2.43. The third-order valence-electron chi connectivity index (χ3n) is 3.42. The van der Waals surface area contributed by atoms with Gasteiger partial charge in [-0.3, -0.25) is 0 Å². The number of rotatable bonds is 5. The molecule has 5 heteroatoms.